The van der Waals surface area contributed by atoms with Crippen molar-refractivity contribution in [3.63, 3.8) is 0 Å². The lowest BCUT2D eigenvalue weighted by atomic mass is 9.74. The van der Waals surface area contributed by atoms with Crippen molar-refractivity contribution in [1.29, 1.82) is 0 Å². The number of ether oxygens (including phenoxy) is 1. The first-order chi connectivity index (χ1) is 6.10. The minimum Gasteiger partial charge on any atom is -0.457 e. The smallest absolute Gasteiger partial charge is 0.282 e. The van der Waals surface area contributed by atoms with Crippen LogP contribution < -0.4 is 5.73 Å². The van der Waals surface area contributed by atoms with Crippen LogP contribution in [0.5, 0.6) is 0 Å². The van der Waals surface area contributed by atoms with Crippen molar-refractivity contribution in [2.75, 3.05) is 6.54 Å². The third-order valence-electron chi connectivity index (χ3n) is 3.09. The number of amidine groups is 1. The lowest BCUT2D eigenvalue weighted by Gasteiger charge is -2.38. The largest absolute Gasteiger partial charge is 0.457 e. The number of hydrogen-bond donors (Lipinski definition) is 1. The van der Waals surface area contributed by atoms with Crippen molar-refractivity contribution in [2.45, 2.75) is 38.7 Å². The van der Waals surface area contributed by atoms with Gasteiger partial charge in [0.1, 0.15) is 5.60 Å². The Labute approximate surface area is 79.4 Å². The average Bonchev–Trinajstić information content (AvgIpc) is 2.28. The van der Waals surface area contributed by atoms with Crippen LogP contribution >= 0.6 is 0 Å². The first-order valence-corrected chi connectivity index (χ1v) is 5.09. The Morgan fingerprint density at radius 1 is 1.38 bits per heavy atom. The molecule has 1 aliphatic heterocycles. The standard InChI is InChI=1S/C10H18N2O/c1-7-3-8(2)5-10(4-7)6-12-9(11)13-10/h7-8H,3-6H2,1-2H3,(H2,11,12). The molecule has 3 heteroatoms. The molecule has 0 aromatic carbocycles. The number of nitrogens with two attached hydrogens (primary N) is 1. The molecule has 0 aromatic rings. The molecule has 1 heterocycles. The maximum Gasteiger partial charge on any atom is 0.282 e. The zero-order chi connectivity index (χ0) is 9.47. The van der Waals surface area contributed by atoms with Gasteiger partial charge in [-0.15, -0.1) is 0 Å². The Morgan fingerprint density at radius 2 is 2.00 bits per heavy atom. The van der Waals surface area contributed by atoms with E-state index in [1.165, 1.54) is 6.42 Å². The van der Waals surface area contributed by atoms with Gasteiger partial charge < -0.3 is 10.5 Å². The summed E-state index contributed by atoms with van der Waals surface area (Å²) in [5, 5.41) is 0. The fourth-order valence-corrected chi connectivity index (χ4v) is 2.93. The molecule has 0 bridgehead atoms. The summed E-state index contributed by atoms with van der Waals surface area (Å²) in [6.07, 6.45) is 3.54. The highest BCUT2D eigenvalue weighted by Gasteiger charge is 2.43. The summed E-state index contributed by atoms with van der Waals surface area (Å²) in [6, 6.07) is 0.390. The number of nitrogens with zero attached hydrogens (tertiary/aromatic N) is 1. The van der Waals surface area contributed by atoms with Gasteiger partial charge in [0, 0.05) is 0 Å². The Balaban J connectivity index is 2.07. The second kappa shape index (κ2) is 2.89. The molecule has 0 amide bonds. The van der Waals surface area contributed by atoms with Crippen LogP contribution in [0.2, 0.25) is 0 Å². The second-order valence-corrected chi connectivity index (χ2v) is 4.79. The molecular formula is C10H18N2O. The summed E-state index contributed by atoms with van der Waals surface area (Å²) in [6.45, 7) is 5.35. The summed E-state index contributed by atoms with van der Waals surface area (Å²) in [7, 11) is 0. The summed E-state index contributed by atoms with van der Waals surface area (Å²) in [4.78, 5) is 4.15. The molecule has 13 heavy (non-hydrogen) atoms. The summed E-state index contributed by atoms with van der Waals surface area (Å²) in [5.74, 6) is 1.48. The van der Waals surface area contributed by atoms with Gasteiger partial charge in [0.25, 0.3) is 6.02 Å². The van der Waals surface area contributed by atoms with Crippen LogP contribution in [0.25, 0.3) is 0 Å². The fraction of sp³-hybridized carbons (Fsp3) is 0.900. The molecule has 0 aromatic heterocycles. The van der Waals surface area contributed by atoms with E-state index in [1.54, 1.807) is 0 Å². The molecular weight excluding hydrogens is 164 g/mol. The molecule has 74 valence electrons. The van der Waals surface area contributed by atoms with Crippen LogP contribution in [0, 0.1) is 11.8 Å². The van der Waals surface area contributed by atoms with E-state index in [4.69, 9.17) is 10.5 Å². The molecule has 2 N–H and O–H groups in total. The van der Waals surface area contributed by atoms with Gasteiger partial charge in [0.15, 0.2) is 0 Å². The lowest BCUT2D eigenvalue weighted by Crippen LogP contribution is -2.41. The summed E-state index contributed by atoms with van der Waals surface area (Å²) < 4.78 is 5.66. The number of aliphatic imine (C=N–C) groups is 1. The van der Waals surface area contributed by atoms with Crippen LogP contribution in [-0.4, -0.2) is 18.2 Å². The van der Waals surface area contributed by atoms with Gasteiger partial charge in [0.05, 0.1) is 6.54 Å². The Morgan fingerprint density at radius 3 is 2.46 bits per heavy atom. The van der Waals surface area contributed by atoms with Crippen molar-refractivity contribution in [3.05, 3.63) is 0 Å². The Hall–Kier alpha value is -0.730. The summed E-state index contributed by atoms with van der Waals surface area (Å²) in [5.41, 5.74) is 5.52. The van der Waals surface area contributed by atoms with E-state index in [9.17, 15) is 0 Å². The molecule has 3 nitrogen and oxygen atoms in total. The summed E-state index contributed by atoms with van der Waals surface area (Å²) >= 11 is 0. The fourth-order valence-electron chi connectivity index (χ4n) is 2.93. The molecule has 1 spiro atoms. The molecule has 2 unspecified atom stereocenters. The maximum atomic E-state index is 5.66. The van der Waals surface area contributed by atoms with Crippen molar-refractivity contribution in [3.8, 4) is 0 Å². The molecule has 1 aliphatic carbocycles. The molecule has 0 saturated heterocycles. The van der Waals surface area contributed by atoms with E-state index in [0.717, 1.165) is 31.2 Å². The maximum absolute atomic E-state index is 5.66. The third-order valence-corrected chi connectivity index (χ3v) is 3.09. The van der Waals surface area contributed by atoms with Crippen LogP contribution in [0.3, 0.4) is 0 Å². The first kappa shape index (κ1) is 8.85. The van der Waals surface area contributed by atoms with E-state index in [2.05, 4.69) is 18.8 Å². The van der Waals surface area contributed by atoms with Crippen LogP contribution in [0.4, 0.5) is 0 Å². The SMILES string of the molecule is CC1CC(C)CC2(CN=C(N)O2)C1. The Bertz CT molecular complexity index is 227. The van der Waals surface area contributed by atoms with E-state index in [-0.39, 0.29) is 5.60 Å². The highest BCUT2D eigenvalue weighted by Crippen LogP contribution is 2.40. The van der Waals surface area contributed by atoms with Crippen molar-refractivity contribution >= 4 is 6.02 Å². The number of hydrogen-bond acceptors (Lipinski definition) is 3. The van der Waals surface area contributed by atoms with Crippen molar-refractivity contribution in [1.82, 2.24) is 0 Å². The molecule has 2 rings (SSSR count). The van der Waals surface area contributed by atoms with E-state index >= 15 is 0 Å². The average molecular weight is 182 g/mol. The van der Waals surface area contributed by atoms with Crippen LogP contribution in [-0.2, 0) is 4.74 Å². The molecule has 2 atom stereocenters. The predicted molar refractivity (Wildman–Crippen MR) is 52.5 cm³/mol. The van der Waals surface area contributed by atoms with Crippen LogP contribution in [0.15, 0.2) is 4.99 Å². The van der Waals surface area contributed by atoms with Crippen molar-refractivity contribution < 1.29 is 4.74 Å². The van der Waals surface area contributed by atoms with Gasteiger partial charge >= 0.3 is 0 Å². The van der Waals surface area contributed by atoms with E-state index in [1.807, 2.05) is 0 Å². The minimum atomic E-state index is -0.0405. The molecule has 2 aliphatic rings. The predicted octanol–water partition coefficient (Wildman–Crippen LogP) is 1.53. The molecule has 0 radical (unpaired) electrons. The van der Waals surface area contributed by atoms with E-state index < -0.39 is 0 Å². The highest BCUT2D eigenvalue weighted by atomic mass is 16.5. The van der Waals surface area contributed by atoms with Crippen LogP contribution in [0.1, 0.15) is 33.1 Å². The monoisotopic (exact) mass is 182 g/mol. The normalized spacial score (nSPS) is 44.6. The van der Waals surface area contributed by atoms with E-state index in [0.29, 0.717) is 6.02 Å². The van der Waals surface area contributed by atoms with Crippen molar-refractivity contribution in [2.24, 2.45) is 22.6 Å². The van der Waals surface area contributed by atoms with Gasteiger partial charge in [-0.1, -0.05) is 13.8 Å². The highest BCUT2D eigenvalue weighted by molar-refractivity contribution is 5.73. The Kier molecular flexibility index (Phi) is 1.97. The van der Waals surface area contributed by atoms with Gasteiger partial charge in [-0.25, -0.2) is 4.99 Å². The van der Waals surface area contributed by atoms with Gasteiger partial charge in [-0.2, -0.15) is 0 Å². The quantitative estimate of drug-likeness (QED) is 0.617. The van der Waals surface area contributed by atoms with Gasteiger partial charge in [0.2, 0.25) is 0 Å². The zero-order valence-corrected chi connectivity index (χ0v) is 8.42. The first-order valence-electron chi connectivity index (χ1n) is 5.09. The van der Waals surface area contributed by atoms with Gasteiger partial charge in [-0.05, 0) is 31.1 Å². The topological polar surface area (TPSA) is 47.6 Å². The molecule has 1 fully saturated rings. The number of rotatable bonds is 0. The second-order valence-electron chi connectivity index (χ2n) is 4.79. The third kappa shape index (κ3) is 1.64. The lowest BCUT2D eigenvalue weighted by molar-refractivity contribution is 0.00510. The molecule has 1 saturated carbocycles. The zero-order valence-electron chi connectivity index (χ0n) is 8.42. The van der Waals surface area contributed by atoms with Gasteiger partial charge in [-0.3, -0.25) is 0 Å². The minimum absolute atomic E-state index is 0.0405.